The largest absolute Gasteiger partial charge is 0.487 e. The predicted molar refractivity (Wildman–Crippen MR) is 153 cm³/mol. The minimum absolute atomic E-state index is 0.263. The molecular weight excluding hydrogens is 520 g/mol. The van der Waals surface area contributed by atoms with E-state index in [1.54, 1.807) is 42.8 Å². The van der Waals surface area contributed by atoms with E-state index >= 15 is 0 Å². The number of carbonyl (C=O) groups is 1. The van der Waals surface area contributed by atoms with Gasteiger partial charge in [-0.2, -0.15) is 0 Å². The lowest BCUT2D eigenvalue weighted by Crippen LogP contribution is -2.15. The normalized spacial score (nSPS) is 11.3. The van der Waals surface area contributed by atoms with Crippen molar-refractivity contribution in [1.29, 1.82) is 0 Å². The van der Waals surface area contributed by atoms with Crippen LogP contribution in [0.1, 0.15) is 25.1 Å². The van der Waals surface area contributed by atoms with Crippen LogP contribution in [-0.2, 0) is 17.9 Å². The van der Waals surface area contributed by atoms with Crippen LogP contribution >= 0.6 is 0 Å². The number of fused-ring (bicyclic) bond motifs is 2. The average Bonchev–Trinajstić information content (AvgIpc) is 3.43. The van der Waals surface area contributed by atoms with Gasteiger partial charge in [0.05, 0.1) is 29.2 Å². The smallest absolute Gasteiger partial charge is 0.313 e. The van der Waals surface area contributed by atoms with Gasteiger partial charge in [0.15, 0.2) is 5.82 Å². The third-order valence-electron chi connectivity index (χ3n) is 6.55. The Balaban J connectivity index is 1.22. The first-order valence-corrected chi connectivity index (χ1v) is 13.1. The van der Waals surface area contributed by atoms with E-state index in [4.69, 9.17) is 9.47 Å². The number of hydrogen-bond acceptors (Lipinski definition) is 8. The van der Waals surface area contributed by atoms with E-state index in [2.05, 4.69) is 25.5 Å². The Morgan fingerprint density at radius 1 is 0.927 bits per heavy atom. The quantitative estimate of drug-likeness (QED) is 0.211. The second-order valence-electron chi connectivity index (χ2n) is 9.93. The molecule has 10 nitrogen and oxygen atoms in total. The Morgan fingerprint density at radius 3 is 2.68 bits per heavy atom. The van der Waals surface area contributed by atoms with E-state index in [0.717, 1.165) is 22.2 Å². The fraction of sp³-hybridized carbons (Fsp3) is 0.161. The molecule has 10 heteroatoms. The van der Waals surface area contributed by atoms with Crippen molar-refractivity contribution in [1.82, 2.24) is 30.2 Å². The van der Waals surface area contributed by atoms with Crippen LogP contribution in [0.25, 0.3) is 33.2 Å². The first-order valence-electron chi connectivity index (χ1n) is 13.1. The first-order chi connectivity index (χ1) is 19.9. The third-order valence-corrected chi connectivity index (χ3v) is 6.55. The van der Waals surface area contributed by atoms with E-state index in [0.29, 0.717) is 46.9 Å². The fourth-order valence-electron chi connectivity index (χ4n) is 4.40. The van der Waals surface area contributed by atoms with Crippen LogP contribution in [0.4, 0.5) is 0 Å². The van der Waals surface area contributed by atoms with Crippen LogP contribution in [0, 0.1) is 5.92 Å². The highest BCUT2D eigenvalue weighted by atomic mass is 16.5. The Hall–Kier alpha value is -5.38. The number of para-hydroxylation sites is 1. The number of nitrogens with one attached hydrogen (secondary N) is 1. The maximum Gasteiger partial charge on any atom is 0.313 e. The number of hydrogen-bond donors (Lipinski definition) is 1. The SMILES string of the molecule is CC(C)C(=O)Oc1ccc2[nH]c(=O)c(-c3nnnn3Cc3cccc(OCc4ccc5ccccc5n4)c3)cc2c1. The minimum atomic E-state index is -0.335. The highest BCUT2D eigenvalue weighted by Crippen LogP contribution is 2.24. The zero-order valence-corrected chi connectivity index (χ0v) is 22.4. The van der Waals surface area contributed by atoms with Gasteiger partial charge in [0.1, 0.15) is 18.1 Å². The van der Waals surface area contributed by atoms with E-state index in [9.17, 15) is 9.59 Å². The second-order valence-corrected chi connectivity index (χ2v) is 9.93. The van der Waals surface area contributed by atoms with E-state index in [1.807, 2.05) is 60.7 Å². The molecule has 1 N–H and O–H groups in total. The van der Waals surface area contributed by atoms with Crippen molar-refractivity contribution in [3.63, 3.8) is 0 Å². The molecule has 0 bridgehead atoms. The van der Waals surface area contributed by atoms with Gasteiger partial charge in [-0.05, 0) is 64.5 Å². The summed E-state index contributed by atoms with van der Waals surface area (Å²) >= 11 is 0. The van der Waals surface area contributed by atoms with Crippen molar-refractivity contribution in [2.45, 2.75) is 27.0 Å². The van der Waals surface area contributed by atoms with Crippen LogP contribution < -0.4 is 15.0 Å². The molecule has 204 valence electrons. The standard InChI is InChI=1S/C31H26N6O4/c1-19(2)31(39)41-25-12-13-28-22(15-25)16-26(30(38)33-28)29-34-35-36-37(29)17-20-6-5-8-24(14-20)40-18-23-11-10-21-7-3-4-9-27(21)32-23/h3-16,19H,17-18H2,1-2H3,(H,33,38). The highest BCUT2D eigenvalue weighted by Gasteiger charge is 2.16. The van der Waals surface area contributed by atoms with Crippen molar-refractivity contribution >= 4 is 27.8 Å². The number of rotatable bonds is 8. The number of carbonyl (C=O) groups excluding carboxylic acids is 1. The molecule has 0 spiro atoms. The lowest BCUT2D eigenvalue weighted by Gasteiger charge is -2.10. The molecule has 3 aromatic heterocycles. The number of aromatic nitrogens is 6. The molecule has 0 radical (unpaired) electrons. The molecule has 6 rings (SSSR count). The lowest BCUT2D eigenvalue weighted by molar-refractivity contribution is -0.137. The molecule has 0 atom stereocenters. The van der Waals surface area contributed by atoms with Gasteiger partial charge in [0, 0.05) is 16.3 Å². The number of benzene rings is 3. The molecule has 0 amide bonds. The molecule has 3 aromatic carbocycles. The van der Waals surface area contributed by atoms with Gasteiger partial charge in [0.25, 0.3) is 5.56 Å². The monoisotopic (exact) mass is 546 g/mol. The summed E-state index contributed by atoms with van der Waals surface area (Å²) in [6.07, 6.45) is 0. The van der Waals surface area contributed by atoms with Crippen molar-refractivity contribution in [2.75, 3.05) is 0 Å². The fourth-order valence-corrected chi connectivity index (χ4v) is 4.40. The second kappa shape index (κ2) is 11.0. The van der Waals surface area contributed by atoms with E-state index < -0.39 is 0 Å². The highest BCUT2D eigenvalue weighted by molar-refractivity contribution is 5.85. The van der Waals surface area contributed by atoms with Crippen molar-refractivity contribution < 1.29 is 14.3 Å². The zero-order chi connectivity index (χ0) is 28.3. The maximum atomic E-state index is 13.0. The van der Waals surface area contributed by atoms with Crippen LogP contribution in [-0.4, -0.2) is 36.1 Å². The number of esters is 1. The molecule has 0 aliphatic rings. The third kappa shape index (κ3) is 5.67. The van der Waals surface area contributed by atoms with Gasteiger partial charge >= 0.3 is 5.97 Å². The van der Waals surface area contributed by atoms with Crippen molar-refractivity contribution in [3.05, 3.63) is 107 Å². The topological polar surface area (TPSA) is 125 Å². The number of aromatic amines is 1. The van der Waals surface area contributed by atoms with Crippen molar-refractivity contribution in [2.24, 2.45) is 5.92 Å². The summed E-state index contributed by atoms with van der Waals surface area (Å²) in [6, 6.07) is 26.3. The minimum Gasteiger partial charge on any atom is -0.487 e. The number of ether oxygens (including phenoxy) is 2. The summed E-state index contributed by atoms with van der Waals surface area (Å²) in [4.78, 5) is 32.5. The molecule has 3 heterocycles. The Morgan fingerprint density at radius 2 is 1.80 bits per heavy atom. The number of tetrazole rings is 1. The summed E-state index contributed by atoms with van der Waals surface area (Å²) in [5, 5.41) is 13.8. The molecule has 0 aliphatic carbocycles. The van der Waals surface area contributed by atoms with Crippen LogP contribution in [0.5, 0.6) is 11.5 Å². The Bertz CT molecular complexity index is 1950. The maximum absolute atomic E-state index is 13.0. The summed E-state index contributed by atoms with van der Waals surface area (Å²) in [5.74, 6) is 0.784. The molecule has 0 fully saturated rings. The zero-order valence-electron chi connectivity index (χ0n) is 22.4. The van der Waals surface area contributed by atoms with Crippen LogP contribution in [0.2, 0.25) is 0 Å². The number of H-pyrrole nitrogens is 1. The lowest BCUT2D eigenvalue weighted by atomic mass is 10.1. The summed E-state index contributed by atoms with van der Waals surface area (Å²) < 4.78 is 13.0. The Labute approximate surface area is 234 Å². The van der Waals surface area contributed by atoms with Gasteiger partial charge in [-0.25, -0.2) is 9.67 Å². The van der Waals surface area contributed by atoms with Gasteiger partial charge in [-0.15, -0.1) is 5.10 Å². The predicted octanol–water partition coefficient (Wildman–Crippen LogP) is 4.92. The molecule has 0 unspecified atom stereocenters. The molecule has 0 saturated carbocycles. The van der Waals surface area contributed by atoms with Crippen molar-refractivity contribution in [3.8, 4) is 22.9 Å². The number of nitrogens with zero attached hydrogens (tertiary/aromatic N) is 5. The molecular formula is C31H26N6O4. The molecule has 6 aromatic rings. The molecule has 0 saturated heterocycles. The van der Waals surface area contributed by atoms with E-state index in [1.165, 1.54) is 0 Å². The number of pyridine rings is 2. The summed E-state index contributed by atoms with van der Waals surface area (Å²) in [5.41, 5.74) is 3.21. The van der Waals surface area contributed by atoms with E-state index in [-0.39, 0.29) is 17.4 Å². The van der Waals surface area contributed by atoms with Gasteiger partial charge in [0.2, 0.25) is 0 Å². The summed E-state index contributed by atoms with van der Waals surface area (Å²) in [6.45, 7) is 4.17. The van der Waals surface area contributed by atoms with Gasteiger partial charge in [-0.3, -0.25) is 9.59 Å². The molecule has 0 aliphatic heterocycles. The van der Waals surface area contributed by atoms with Gasteiger partial charge in [-0.1, -0.05) is 50.2 Å². The van der Waals surface area contributed by atoms with Gasteiger partial charge < -0.3 is 14.5 Å². The van der Waals surface area contributed by atoms with Crippen LogP contribution in [0.3, 0.4) is 0 Å². The summed E-state index contributed by atoms with van der Waals surface area (Å²) in [7, 11) is 0. The van der Waals surface area contributed by atoms with Crippen LogP contribution in [0.15, 0.2) is 89.7 Å². The Kier molecular flexibility index (Phi) is 6.95. The average molecular weight is 547 g/mol. The molecule has 41 heavy (non-hydrogen) atoms. The first kappa shape index (κ1) is 25.9.